The maximum absolute atomic E-state index is 13.6. The lowest BCUT2D eigenvalue weighted by molar-refractivity contribution is 0.101. The molecule has 0 atom stereocenters. The molecule has 0 spiro atoms. The monoisotopic (exact) mass is 456 g/mol. The largest absolute Gasteiger partial charge is 0.322 e. The van der Waals surface area contributed by atoms with Crippen molar-refractivity contribution in [2.24, 2.45) is 10.2 Å². The Bertz CT molecular complexity index is 1370. The number of carbonyl (C=O) groups excluding carboxylic acids is 2. The molecular formula is C26H18F2N4O2. The number of hydrogen-bond acceptors (Lipinski definition) is 4. The molecule has 168 valence electrons. The first kappa shape index (κ1) is 22.5. The molecule has 2 N–H and O–H groups in total. The van der Waals surface area contributed by atoms with Gasteiger partial charge in [-0.05, 0) is 66.7 Å². The normalized spacial score (nSPS) is 10.8. The Labute approximate surface area is 194 Å². The second-order valence-electron chi connectivity index (χ2n) is 7.20. The number of carbonyl (C=O) groups is 2. The van der Waals surface area contributed by atoms with E-state index in [1.165, 1.54) is 42.5 Å². The van der Waals surface area contributed by atoms with Gasteiger partial charge in [-0.3, -0.25) is 9.59 Å². The third kappa shape index (κ3) is 5.74. The van der Waals surface area contributed by atoms with Gasteiger partial charge in [0.2, 0.25) is 0 Å². The summed E-state index contributed by atoms with van der Waals surface area (Å²) in [4.78, 5) is 25.2. The van der Waals surface area contributed by atoms with Crippen molar-refractivity contribution >= 4 is 34.6 Å². The molecule has 0 saturated carbocycles. The molecule has 2 amide bonds. The van der Waals surface area contributed by atoms with Gasteiger partial charge < -0.3 is 10.6 Å². The summed E-state index contributed by atoms with van der Waals surface area (Å²) in [5, 5.41) is 13.7. The van der Waals surface area contributed by atoms with Crippen LogP contribution in [0.4, 0.5) is 31.5 Å². The highest BCUT2D eigenvalue weighted by Gasteiger charge is 2.13. The molecule has 0 unspecified atom stereocenters. The molecular weight excluding hydrogens is 438 g/mol. The molecule has 0 aliphatic carbocycles. The zero-order valence-corrected chi connectivity index (χ0v) is 17.7. The number of azo groups is 1. The summed E-state index contributed by atoms with van der Waals surface area (Å²) in [5.41, 5.74) is 1.75. The predicted octanol–water partition coefficient (Wildman–Crippen LogP) is 6.88. The average Bonchev–Trinajstić information content (AvgIpc) is 2.84. The summed E-state index contributed by atoms with van der Waals surface area (Å²) in [6.45, 7) is 0. The SMILES string of the molecule is O=C(Nc1ccc(N=Nc2ccccc2)c(NC(=O)c2cccc(F)c2)c1)c1cccc(F)c1. The maximum atomic E-state index is 13.6. The van der Waals surface area contributed by atoms with E-state index in [1.807, 2.05) is 18.2 Å². The smallest absolute Gasteiger partial charge is 0.255 e. The molecule has 4 aromatic rings. The first-order chi connectivity index (χ1) is 16.5. The number of benzene rings is 4. The van der Waals surface area contributed by atoms with Gasteiger partial charge in [0.05, 0.1) is 11.4 Å². The van der Waals surface area contributed by atoms with Crippen LogP contribution in [0.2, 0.25) is 0 Å². The first-order valence-corrected chi connectivity index (χ1v) is 10.2. The summed E-state index contributed by atoms with van der Waals surface area (Å²) in [6, 6.07) is 24.1. The number of nitrogens with zero attached hydrogens (tertiary/aromatic N) is 2. The van der Waals surface area contributed by atoms with Crippen LogP contribution in [0.1, 0.15) is 20.7 Å². The number of anilines is 2. The minimum absolute atomic E-state index is 0.111. The molecule has 0 bridgehead atoms. The highest BCUT2D eigenvalue weighted by molar-refractivity contribution is 6.07. The van der Waals surface area contributed by atoms with Crippen molar-refractivity contribution in [1.29, 1.82) is 0 Å². The Morgan fingerprint density at radius 2 is 1.24 bits per heavy atom. The Hall–Kier alpha value is -4.72. The van der Waals surface area contributed by atoms with E-state index in [9.17, 15) is 18.4 Å². The zero-order valence-electron chi connectivity index (χ0n) is 17.7. The molecule has 4 aromatic carbocycles. The lowest BCUT2D eigenvalue weighted by Crippen LogP contribution is -2.14. The maximum Gasteiger partial charge on any atom is 0.255 e. The van der Waals surface area contributed by atoms with E-state index >= 15 is 0 Å². The van der Waals surface area contributed by atoms with E-state index in [0.29, 0.717) is 17.1 Å². The number of nitrogens with one attached hydrogen (secondary N) is 2. The second kappa shape index (κ2) is 10.3. The fourth-order valence-corrected chi connectivity index (χ4v) is 3.06. The molecule has 6 nitrogen and oxygen atoms in total. The van der Waals surface area contributed by atoms with Crippen LogP contribution in [0.3, 0.4) is 0 Å². The van der Waals surface area contributed by atoms with Crippen molar-refractivity contribution in [3.8, 4) is 0 Å². The van der Waals surface area contributed by atoms with Crippen molar-refractivity contribution < 1.29 is 18.4 Å². The van der Waals surface area contributed by atoms with E-state index in [0.717, 1.165) is 12.1 Å². The van der Waals surface area contributed by atoms with Crippen LogP contribution in [0.25, 0.3) is 0 Å². The van der Waals surface area contributed by atoms with E-state index in [1.54, 1.807) is 24.3 Å². The third-order valence-electron chi connectivity index (χ3n) is 4.71. The Balaban J connectivity index is 1.63. The van der Waals surface area contributed by atoms with Gasteiger partial charge in [-0.1, -0.05) is 30.3 Å². The summed E-state index contributed by atoms with van der Waals surface area (Å²) >= 11 is 0. The van der Waals surface area contributed by atoms with Crippen LogP contribution in [-0.4, -0.2) is 11.8 Å². The van der Waals surface area contributed by atoms with Crippen LogP contribution in [0.5, 0.6) is 0 Å². The molecule has 0 saturated heterocycles. The van der Waals surface area contributed by atoms with Gasteiger partial charge in [0.15, 0.2) is 0 Å². The molecule has 34 heavy (non-hydrogen) atoms. The molecule has 4 rings (SSSR count). The van der Waals surface area contributed by atoms with Crippen molar-refractivity contribution in [2.45, 2.75) is 0 Å². The van der Waals surface area contributed by atoms with Gasteiger partial charge in [-0.25, -0.2) is 8.78 Å². The summed E-state index contributed by atoms with van der Waals surface area (Å²) in [5.74, 6) is -2.18. The summed E-state index contributed by atoms with van der Waals surface area (Å²) < 4.78 is 27.0. The minimum atomic E-state index is -0.565. The van der Waals surface area contributed by atoms with Crippen LogP contribution in [0, 0.1) is 11.6 Å². The minimum Gasteiger partial charge on any atom is -0.322 e. The molecule has 8 heteroatoms. The molecule has 0 aliphatic rings. The van der Waals surface area contributed by atoms with Gasteiger partial charge in [-0.2, -0.15) is 5.11 Å². The number of amides is 2. The lowest BCUT2D eigenvalue weighted by atomic mass is 10.1. The fraction of sp³-hybridized carbons (Fsp3) is 0. The van der Waals surface area contributed by atoms with Gasteiger partial charge in [0, 0.05) is 16.8 Å². The highest BCUT2D eigenvalue weighted by atomic mass is 19.1. The molecule has 0 heterocycles. The molecule has 0 aliphatic heterocycles. The van der Waals surface area contributed by atoms with Crippen molar-refractivity contribution in [2.75, 3.05) is 10.6 Å². The van der Waals surface area contributed by atoms with Gasteiger partial charge in [0.25, 0.3) is 11.8 Å². The first-order valence-electron chi connectivity index (χ1n) is 10.2. The van der Waals surface area contributed by atoms with Gasteiger partial charge in [-0.15, -0.1) is 5.11 Å². The van der Waals surface area contributed by atoms with E-state index in [4.69, 9.17) is 0 Å². The number of rotatable bonds is 6. The topological polar surface area (TPSA) is 82.9 Å². The highest BCUT2D eigenvalue weighted by Crippen LogP contribution is 2.31. The summed E-state index contributed by atoms with van der Waals surface area (Å²) in [6.07, 6.45) is 0. The van der Waals surface area contributed by atoms with E-state index in [-0.39, 0.29) is 16.8 Å². The Morgan fingerprint density at radius 3 is 1.85 bits per heavy atom. The standard InChI is InChI=1S/C26H18F2N4O2/c27-19-8-4-6-17(14-19)25(33)29-22-12-13-23(32-31-21-10-2-1-3-11-21)24(16-22)30-26(34)18-7-5-9-20(28)15-18/h1-16H,(H,29,33)(H,30,34). The van der Waals surface area contributed by atoms with Gasteiger partial charge >= 0.3 is 0 Å². The zero-order chi connectivity index (χ0) is 23.9. The van der Waals surface area contributed by atoms with Crippen molar-refractivity contribution in [3.05, 3.63) is 120 Å². The fourth-order valence-electron chi connectivity index (χ4n) is 3.06. The number of halogens is 2. The van der Waals surface area contributed by atoms with E-state index in [2.05, 4.69) is 20.9 Å². The molecule has 0 fully saturated rings. The second-order valence-corrected chi connectivity index (χ2v) is 7.20. The number of hydrogen-bond donors (Lipinski definition) is 2. The third-order valence-corrected chi connectivity index (χ3v) is 4.71. The summed E-state index contributed by atoms with van der Waals surface area (Å²) in [7, 11) is 0. The predicted molar refractivity (Wildman–Crippen MR) is 126 cm³/mol. The van der Waals surface area contributed by atoms with Crippen LogP contribution < -0.4 is 10.6 Å². The van der Waals surface area contributed by atoms with E-state index < -0.39 is 23.4 Å². The Kier molecular flexibility index (Phi) is 6.78. The van der Waals surface area contributed by atoms with Crippen LogP contribution in [-0.2, 0) is 0 Å². The lowest BCUT2D eigenvalue weighted by Gasteiger charge is -2.11. The average molecular weight is 456 g/mol. The van der Waals surface area contributed by atoms with Crippen molar-refractivity contribution in [3.63, 3.8) is 0 Å². The Morgan fingerprint density at radius 1 is 0.618 bits per heavy atom. The van der Waals surface area contributed by atoms with Crippen molar-refractivity contribution in [1.82, 2.24) is 0 Å². The molecule has 0 radical (unpaired) electrons. The van der Waals surface area contributed by atoms with Crippen LogP contribution in [0.15, 0.2) is 107 Å². The molecule has 0 aromatic heterocycles. The van der Waals surface area contributed by atoms with Gasteiger partial charge in [0.1, 0.15) is 17.3 Å². The quantitative estimate of drug-likeness (QED) is 0.310. The van der Waals surface area contributed by atoms with Crippen LogP contribution >= 0.6 is 0 Å².